The van der Waals surface area contributed by atoms with Crippen molar-refractivity contribution in [1.82, 2.24) is 0 Å². The van der Waals surface area contributed by atoms with Crippen LogP contribution in [-0.2, 0) is 4.74 Å². The Morgan fingerprint density at radius 2 is 1.97 bits per heavy atom. The lowest BCUT2D eigenvalue weighted by Gasteiger charge is -2.53. The van der Waals surface area contributed by atoms with Crippen molar-refractivity contribution < 1.29 is 9.84 Å². The standard InChI is InChI=1S/C31H53O2/c1-8-10-12-20-29(6,32)21-13-15-25(3)16-14-22-30(7)24-19-28-18-17-26(4)27(5)31(28,33-30)23-11-9-2/h8,16-18,27,32H,9-15,19-24H2,1-7H3/q-1/b25-16+. The molecule has 190 valence electrons. The van der Waals surface area contributed by atoms with Crippen LogP contribution < -0.4 is 0 Å². The van der Waals surface area contributed by atoms with Gasteiger partial charge < -0.3 is 16.3 Å². The molecule has 1 aliphatic carbocycles. The molecule has 2 nitrogen and oxygen atoms in total. The molecule has 4 atom stereocenters. The second kappa shape index (κ2) is 12.7. The molecule has 2 heteroatoms. The summed E-state index contributed by atoms with van der Waals surface area (Å²) in [6.45, 7) is 15.6. The Bertz CT molecular complexity index is 698. The van der Waals surface area contributed by atoms with E-state index in [9.17, 15) is 5.11 Å². The Hall–Kier alpha value is -0.860. The maximum absolute atomic E-state index is 10.6. The van der Waals surface area contributed by atoms with E-state index < -0.39 is 5.60 Å². The molecule has 1 fully saturated rings. The maximum Gasteiger partial charge on any atom is 0.0964 e. The monoisotopic (exact) mass is 457 g/mol. The first-order valence-corrected chi connectivity index (χ1v) is 13.8. The Morgan fingerprint density at radius 3 is 2.67 bits per heavy atom. The molecule has 0 aromatic carbocycles. The molecule has 1 N–H and O–H groups in total. The zero-order valence-corrected chi connectivity index (χ0v) is 22.9. The lowest BCUT2D eigenvalue weighted by atomic mass is 9.67. The molecule has 0 aromatic rings. The summed E-state index contributed by atoms with van der Waals surface area (Å²) in [5.74, 6) is 0.462. The highest BCUT2D eigenvalue weighted by Crippen LogP contribution is 2.51. The molecule has 0 radical (unpaired) electrons. The van der Waals surface area contributed by atoms with Crippen LogP contribution in [0.25, 0.3) is 0 Å². The molecular formula is C31H53O2-. The SMILES string of the molecule is C[CH-]CCCC(C)(O)CCC/C(C)=C/CCC1(C)CCC2=CC=C(C)C(C)C2(CCCC)O1. The molecular weight excluding hydrogens is 404 g/mol. The van der Waals surface area contributed by atoms with Crippen LogP contribution in [0.3, 0.4) is 0 Å². The van der Waals surface area contributed by atoms with E-state index >= 15 is 0 Å². The van der Waals surface area contributed by atoms with E-state index in [0.29, 0.717) is 5.92 Å². The highest BCUT2D eigenvalue weighted by atomic mass is 16.5. The van der Waals surface area contributed by atoms with Gasteiger partial charge in [0, 0.05) is 5.92 Å². The van der Waals surface area contributed by atoms with Gasteiger partial charge in [-0.25, -0.2) is 0 Å². The van der Waals surface area contributed by atoms with Crippen molar-refractivity contribution in [2.24, 2.45) is 5.92 Å². The minimum atomic E-state index is -0.520. The predicted molar refractivity (Wildman–Crippen MR) is 143 cm³/mol. The maximum atomic E-state index is 10.6. The summed E-state index contributed by atoms with van der Waals surface area (Å²) in [6, 6.07) is 0. The summed E-state index contributed by atoms with van der Waals surface area (Å²) in [5.41, 5.74) is 3.78. The molecule has 33 heavy (non-hydrogen) atoms. The highest BCUT2D eigenvalue weighted by Gasteiger charge is 2.49. The summed E-state index contributed by atoms with van der Waals surface area (Å²) in [6.07, 6.45) is 23.5. The first kappa shape index (κ1) is 28.4. The van der Waals surface area contributed by atoms with Crippen LogP contribution in [0.2, 0.25) is 0 Å². The smallest absolute Gasteiger partial charge is 0.0964 e. The third kappa shape index (κ3) is 8.10. The zero-order valence-electron chi connectivity index (χ0n) is 22.9. The van der Waals surface area contributed by atoms with E-state index in [1.54, 1.807) is 0 Å². The van der Waals surface area contributed by atoms with Gasteiger partial charge in [0.2, 0.25) is 0 Å². The number of aliphatic hydroxyl groups is 1. The van der Waals surface area contributed by atoms with Gasteiger partial charge in [-0.1, -0.05) is 62.5 Å². The van der Waals surface area contributed by atoms with Crippen molar-refractivity contribution in [2.75, 3.05) is 0 Å². The average Bonchev–Trinajstić information content (AvgIpc) is 2.75. The number of hydrogen-bond donors (Lipinski definition) is 1. The van der Waals surface area contributed by atoms with Gasteiger partial charge in [-0.15, -0.1) is 0 Å². The normalized spacial score (nSPS) is 29.8. The molecule has 0 aromatic heterocycles. The van der Waals surface area contributed by atoms with E-state index in [4.69, 9.17) is 4.74 Å². The van der Waals surface area contributed by atoms with E-state index in [2.05, 4.69) is 66.2 Å². The second-order valence-electron chi connectivity index (χ2n) is 11.6. The molecule has 0 amide bonds. The number of unbranched alkanes of at least 4 members (excludes halogenated alkanes) is 3. The molecule has 0 saturated carbocycles. The van der Waals surface area contributed by atoms with Crippen molar-refractivity contribution >= 4 is 0 Å². The Labute approximate surface area is 206 Å². The average molecular weight is 458 g/mol. The highest BCUT2D eigenvalue weighted by molar-refractivity contribution is 5.36. The molecule has 1 aliphatic heterocycles. The predicted octanol–water partition coefficient (Wildman–Crippen LogP) is 9.05. The van der Waals surface area contributed by atoms with Gasteiger partial charge in [0.15, 0.2) is 0 Å². The Morgan fingerprint density at radius 1 is 1.24 bits per heavy atom. The van der Waals surface area contributed by atoms with Crippen molar-refractivity contribution in [2.45, 2.75) is 149 Å². The van der Waals surface area contributed by atoms with Crippen LogP contribution >= 0.6 is 0 Å². The van der Waals surface area contributed by atoms with Crippen LogP contribution in [0.1, 0.15) is 132 Å². The summed E-state index contributed by atoms with van der Waals surface area (Å²) in [4.78, 5) is 0. The van der Waals surface area contributed by atoms with Crippen LogP contribution in [0.15, 0.2) is 34.9 Å². The molecule has 0 spiro atoms. The fraction of sp³-hybridized carbons (Fsp3) is 0.774. The van der Waals surface area contributed by atoms with E-state index in [0.717, 1.165) is 64.2 Å². The Balaban J connectivity index is 1.89. The minimum absolute atomic E-state index is 0.0479. The van der Waals surface area contributed by atoms with E-state index in [1.807, 2.05) is 6.92 Å². The van der Waals surface area contributed by atoms with Gasteiger partial charge >= 0.3 is 0 Å². The second-order valence-corrected chi connectivity index (χ2v) is 11.6. The fourth-order valence-electron chi connectivity index (χ4n) is 5.83. The summed E-state index contributed by atoms with van der Waals surface area (Å²) in [7, 11) is 0. The van der Waals surface area contributed by atoms with Gasteiger partial charge in [0.1, 0.15) is 0 Å². The Kier molecular flexibility index (Phi) is 10.9. The zero-order chi connectivity index (χ0) is 24.5. The van der Waals surface area contributed by atoms with Crippen LogP contribution in [0, 0.1) is 12.3 Å². The first-order chi connectivity index (χ1) is 15.6. The number of allylic oxidation sites excluding steroid dienone is 4. The van der Waals surface area contributed by atoms with Gasteiger partial charge in [-0.05, 0) is 91.1 Å². The topological polar surface area (TPSA) is 29.5 Å². The van der Waals surface area contributed by atoms with Crippen molar-refractivity contribution in [3.63, 3.8) is 0 Å². The first-order valence-electron chi connectivity index (χ1n) is 13.8. The molecule has 2 aliphatic rings. The number of fused-ring (bicyclic) bond motifs is 1. The lowest BCUT2D eigenvalue weighted by Crippen LogP contribution is -2.53. The minimum Gasteiger partial charge on any atom is -0.390 e. The van der Waals surface area contributed by atoms with Crippen molar-refractivity contribution in [3.05, 3.63) is 41.4 Å². The van der Waals surface area contributed by atoms with Crippen LogP contribution in [0.4, 0.5) is 0 Å². The van der Waals surface area contributed by atoms with Gasteiger partial charge in [0.05, 0.1) is 16.8 Å². The lowest BCUT2D eigenvalue weighted by molar-refractivity contribution is -0.177. The summed E-state index contributed by atoms with van der Waals surface area (Å²) in [5, 5.41) is 10.6. The van der Waals surface area contributed by atoms with Crippen LogP contribution in [0.5, 0.6) is 0 Å². The molecule has 0 bridgehead atoms. The third-order valence-corrected chi connectivity index (χ3v) is 8.39. The number of ether oxygens (including phenoxy) is 1. The molecule has 1 saturated heterocycles. The van der Waals surface area contributed by atoms with E-state index in [-0.39, 0.29) is 11.2 Å². The molecule has 4 unspecified atom stereocenters. The largest absolute Gasteiger partial charge is 0.390 e. The third-order valence-electron chi connectivity index (χ3n) is 8.39. The van der Waals surface area contributed by atoms with Crippen LogP contribution in [-0.4, -0.2) is 21.9 Å². The van der Waals surface area contributed by atoms with Crippen molar-refractivity contribution in [3.8, 4) is 0 Å². The summed E-state index contributed by atoms with van der Waals surface area (Å²) >= 11 is 0. The summed E-state index contributed by atoms with van der Waals surface area (Å²) < 4.78 is 7.13. The van der Waals surface area contributed by atoms with E-state index in [1.165, 1.54) is 36.0 Å². The number of hydrogen-bond acceptors (Lipinski definition) is 2. The fourth-order valence-corrected chi connectivity index (χ4v) is 5.83. The quantitative estimate of drug-likeness (QED) is 0.160. The van der Waals surface area contributed by atoms with Gasteiger partial charge in [0.25, 0.3) is 0 Å². The molecule has 1 heterocycles. The molecule has 2 rings (SSSR count). The van der Waals surface area contributed by atoms with Crippen molar-refractivity contribution in [1.29, 1.82) is 0 Å². The van der Waals surface area contributed by atoms with Gasteiger partial charge in [-0.3, -0.25) is 0 Å². The van der Waals surface area contributed by atoms with Gasteiger partial charge in [-0.2, -0.15) is 13.3 Å². The number of rotatable bonds is 14.